The number of ether oxygens (including phenoxy) is 3. The van der Waals surface area contributed by atoms with Gasteiger partial charge in [0.05, 0.1) is 25.5 Å². The van der Waals surface area contributed by atoms with Crippen molar-refractivity contribution in [2.75, 3.05) is 19.5 Å². The fourth-order valence-corrected chi connectivity index (χ4v) is 2.93. The van der Waals surface area contributed by atoms with Gasteiger partial charge in [0.25, 0.3) is 5.91 Å². The van der Waals surface area contributed by atoms with Crippen LogP contribution in [0.4, 0.5) is 5.69 Å². The highest BCUT2D eigenvalue weighted by molar-refractivity contribution is 5.97. The van der Waals surface area contributed by atoms with Crippen LogP contribution in [0.1, 0.15) is 28.7 Å². The van der Waals surface area contributed by atoms with Gasteiger partial charge in [-0.1, -0.05) is 0 Å². The molecular formula is C22H24N4O5. The minimum atomic E-state index is -1.02. The molecule has 1 amide bonds. The van der Waals surface area contributed by atoms with Crippen LogP contribution in [0.15, 0.2) is 42.6 Å². The summed E-state index contributed by atoms with van der Waals surface area (Å²) in [6.07, 6.45) is 0.379. The third-order valence-electron chi connectivity index (χ3n) is 4.51. The normalized spacial score (nSPS) is 11.5. The molecule has 0 bridgehead atoms. The Kier molecular flexibility index (Phi) is 6.54. The fraction of sp³-hybridized carbons (Fsp3) is 0.273. The third kappa shape index (κ3) is 5.00. The molecule has 0 fully saturated rings. The van der Waals surface area contributed by atoms with E-state index in [2.05, 4.69) is 15.4 Å². The summed E-state index contributed by atoms with van der Waals surface area (Å²) in [5.74, 6) is 0.465. The van der Waals surface area contributed by atoms with Crippen molar-refractivity contribution < 1.29 is 23.8 Å². The van der Waals surface area contributed by atoms with Crippen molar-refractivity contribution in [2.45, 2.75) is 26.9 Å². The summed E-state index contributed by atoms with van der Waals surface area (Å²) < 4.78 is 17.3. The number of aromatic nitrogens is 3. The molecule has 2 aromatic heterocycles. The van der Waals surface area contributed by atoms with E-state index < -0.39 is 18.0 Å². The standard InChI is InChI=1S/C22H24N4O5/c1-13-10-14(2)26(25-13)20-9-6-16(12-23-20)22(28)31-15(3)21(27)24-17-7-8-18(29-4)19(11-17)30-5/h6-12,15H,1-5H3,(H,24,27). The Hall–Kier alpha value is -3.88. The lowest BCUT2D eigenvalue weighted by molar-refractivity contribution is -0.123. The Morgan fingerprint density at radius 1 is 1.03 bits per heavy atom. The second-order valence-corrected chi connectivity index (χ2v) is 6.85. The molecule has 1 atom stereocenters. The number of amides is 1. The first kappa shape index (κ1) is 21.8. The van der Waals surface area contributed by atoms with Crippen LogP contribution in [0.5, 0.6) is 11.5 Å². The van der Waals surface area contributed by atoms with Crippen LogP contribution >= 0.6 is 0 Å². The lowest BCUT2D eigenvalue weighted by Gasteiger charge is -2.15. The molecule has 9 nitrogen and oxygen atoms in total. The maximum Gasteiger partial charge on any atom is 0.340 e. The zero-order chi connectivity index (χ0) is 22.5. The molecule has 2 heterocycles. The molecule has 0 aliphatic heterocycles. The molecule has 0 aliphatic carbocycles. The number of methoxy groups -OCH3 is 2. The zero-order valence-electron chi connectivity index (χ0n) is 18.0. The van der Waals surface area contributed by atoms with Crippen molar-refractivity contribution in [3.63, 3.8) is 0 Å². The van der Waals surface area contributed by atoms with Crippen molar-refractivity contribution in [1.82, 2.24) is 14.8 Å². The minimum absolute atomic E-state index is 0.232. The van der Waals surface area contributed by atoms with Gasteiger partial charge < -0.3 is 19.5 Å². The van der Waals surface area contributed by atoms with Crippen molar-refractivity contribution in [1.29, 1.82) is 0 Å². The van der Waals surface area contributed by atoms with E-state index in [1.165, 1.54) is 27.3 Å². The molecule has 0 spiro atoms. The minimum Gasteiger partial charge on any atom is -0.493 e. The van der Waals surface area contributed by atoms with E-state index >= 15 is 0 Å². The SMILES string of the molecule is COc1ccc(NC(=O)C(C)OC(=O)c2ccc(-n3nc(C)cc3C)nc2)cc1OC. The summed E-state index contributed by atoms with van der Waals surface area (Å²) in [6.45, 7) is 5.30. The summed E-state index contributed by atoms with van der Waals surface area (Å²) in [5.41, 5.74) is 2.52. The van der Waals surface area contributed by atoms with Gasteiger partial charge in [-0.3, -0.25) is 4.79 Å². The van der Waals surface area contributed by atoms with Crippen molar-refractivity contribution in [2.24, 2.45) is 0 Å². The average Bonchev–Trinajstić information content (AvgIpc) is 3.11. The smallest absolute Gasteiger partial charge is 0.340 e. The lowest BCUT2D eigenvalue weighted by atomic mass is 10.2. The van der Waals surface area contributed by atoms with Gasteiger partial charge in [0.15, 0.2) is 23.4 Å². The van der Waals surface area contributed by atoms with Crippen LogP contribution in [0.2, 0.25) is 0 Å². The summed E-state index contributed by atoms with van der Waals surface area (Å²) in [5, 5.41) is 7.04. The zero-order valence-corrected chi connectivity index (χ0v) is 18.0. The van der Waals surface area contributed by atoms with Gasteiger partial charge in [-0.25, -0.2) is 14.5 Å². The van der Waals surface area contributed by atoms with Crippen LogP contribution in [0.25, 0.3) is 5.82 Å². The Morgan fingerprint density at radius 2 is 1.77 bits per heavy atom. The molecule has 1 unspecified atom stereocenters. The van der Waals surface area contributed by atoms with Gasteiger partial charge in [-0.15, -0.1) is 0 Å². The first-order chi connectivity index (χ1) is 14.8. The van der Waals surface area contributed by atoms with Crippen LogP contribution in [-0.4, -0.2) is 47.0 Å². The molecule has 0 saturated heterocycles. The predicted molar refractivity (Wildman–Crippen MR) is 114 cm³/mol. The van der Waals surface area contributed by atoms with Crippen LogP contribution < -0.4 is 14.8 Å². The molecule has 9 heteroatoms. The number of nitrogens with zero attached hydrogens (tertiary/aromatic N) is 3. The second kappa shape index (κ2) is 9.29. The highest BCUT2D eigenvalue weighted by Gasteiger charge is 2.20. The highest BCUT2D eigenvalue weighted by Crippen LogP contribution is 2.29. The van der Waals surface area contributed by atoms with Crippen LogP contribution in [-0.2, 0) is 9.53 Å². The number of benzene rings is 1. The van der Waals surface area contributed by atoms with E-state index in [9.17, 15) is 9.59 Å². The van der Waals surface area contributed by atoms with E-state index in [-0.39, 0.29) is 5.56 Å². The molecule has 162 valence electrons. The monoisotopic (exact) mass is 424 g/mol. The van der Waals surface area contributed by atoms with Crippen LogP contribution in [0, 0.1) is 13.8 Å². The number of nitrogens with one attached hydrogen (secondary N) is 1. The first-order valence-electron chi connectivity index (χ1n) is 9.56. The van der Waals surface area contributed by atoms with Gasteiger partial charge >= 0.3 is 5.97 Å². The topological polar surface area (TPSA) is 105 Å². The second-order valence-electron chi connectivity index (χ2n) is 6.85. The molecule has 1 N–H and O–H groups in total. The van der Waals surface area contributed by atoms with E-state index in [0.29, 0.717) is 23.0 Å². The number of esters is 1. The van der Waals surface area contributed by atoms with Gasteiger partial charge in [0.1, 0.15) is 0 Å². The van der Waals surface area contributed by atoms with Gasteiger partial charge in [0.2, 0.25) is 0 Å². The molecule has 0 radical (unpaired) electrons. The summed E-state index contributed by atoms with van der Waals surface area (Å²) in [4.78, 5) is 29.1. The Balaban J connectivity index is 1.63. The number of hydrogen-bond donors (Lipinski definition) is 1. The van der Waals surface area contributed by atoms with E-state index in [1.54, 1.807) is 35.0 Å². The average molecular weight is 424 g/mol. The number of carbonyl (C=O) groups is 2. The molecule has 0 aliphatic rings. The molecule has 31 heavy (non-hydrogen) atoms. The number of carbonyl (C=O) groups excluding carboxylic acids is 2. The largest absolute Gasteiger partial charge is 0.493 e. The van der Waals surface area contributed by atoms with Gasteiger partial charge in [-0.05, 0) is 51.1 Å². The van der Waals surface area contributed by atoms with Crippen molar-refractivity contribution in [3.8, 4) is 17.3 Å². The number of anilines is 1. The van der Waals surface area contributed by atoms with Crippen molar-refractivity contribution in [3.05, 3.63) is 59.5 Å². The molecule has 3 aromatic rings. The molecule has 1 aromatic carbocycles. The summed E-state index contributed by atoms with van der Waals surface area (Å²) in [6, 6.07) is 10.1. The Labute approximate surface area is 180 Å². The molecule has 3 rings (SSSR count). The van der Waals surface area contributed by atoms with E-state index in [4.69, 9.17) is 14.2 Å². The summed E-state index contributed by atoms with van der Waals surface area (Å²) in [7, 11) is 3.03. The maximum atomic E-state index is 12.4. The lowest BCUT2D eigenvalue weighted by Crippen LogP contribution is -2.30. The Bertz CT molecular complexity index is 1090. The highest BCUT2D eigenvalue weighted by atomic mass is 16.5. The third-order valence-corrected chi connectivity index (χ3v) is 4.51. The number of aryl methyl sites for hydroxylation is 2. The molecule has 0 saturated carbocycles. The molecular weight excluding hydrogens is 400 g/mol. The number of hydrogen-bond acceptors (Lipinski definition) is 7. The fourth-order valence-electron chi connectivity index (χ4n) is 2.93. The predicted octanol–water partition coefficient (Wildman–Crippen LogP) is 3.09. The Morgan fingerprint density at radius 3 is 2.35 bits per heavy atom. The first-order valence-corrected chi connectivity index (χ1v) is 9.56. The summed E-state index contributed by atoms with van der Waals surface area (Å²) >= 11 is 0. The maximum absolute atomic E-state index is 12.4. The number of rotatable bonds is 7. The van der Waals surface area contributed by atoms with E-state index in [0.717, 1.165) is 11.4 Å². The quantitative estimate of drug-likeness (QED) is 0.581. The van der Waals surface area contributed by atoms with Crippen molar-refractivity contribution >= 4 is 17.6 Å². The van der Waals surface area contributed by atoms with Crippen LogP contribution in [0.3, 0.4) is 0 Å². The van der Waals surface area contributed by atoms with Gasteiger partial charge in [-0.2, -0.15) is 5.10 Å². The number of pyridine rings is 1. The van der Waals surface area contributed by atoms with Gasteiger partial charge in [0, 0.05) is 23.6 Å². The van der Waals surface area contributed by atoms with E-state index in [1.807, 2.05) is 19.9 Å².